The van der Waals surface area contributed by atoms with Crippen molar-refractivity contribution in [3.8, 4) is 17.1 Å². The lowest BCUT2D eigenvalue weighted by Gasteiger charge is -2.10. The second kappa shape index (κ2) is 8.53. The van der Waals surface area contributed by atoms with E-state index in [1.807, 2.05) is 63.8 Å². The van der Waals surface area contributed by atoms with E-state index in [0.717, 1.165) is 41.0 Å². The zero-order chi connectivity index (χ0) is 19.3. The fourth-order valence-electron chi connectivity index (χ4n) is 2.80. The van der Waals surface area contributed by atoms with Gasteiger partial charge < -0.3 is 0 Å². The maximum atomic E-state index is 6.04. The maximum Gasteiger partial charge on any atom is 0.196 e. The highest BCUT2D eigenvalue weighted by atomic mass is 35.5. The van der Waals surface area contributed by atoms with Crippen LogP contribution in [0.2, 0.25) is 5.02 Å². The van der Waals surface area contributed by atoms with Crippen LogP contribution in [0.25, 0.3) is 17.1 Å². The number of thioether (sulfide) groups is 1. The normalized spacial score (nSPS) is 11.1. The van der Waals surface area contributed by atoms with Gasteiger partial charge in [0.15, 0.2) is 16.8 Å². The first kappa shape index (κ1) is 18.6. The molecule has 2 heterocycles. The van der Waals surface area contributed by atoms with Gasteiger partial charge in [-0.15, -0.1) is 15.3 Å². The molecule has 0 spiro atoms. The summed E-state index contributed by atoms with van der Waals surface area (Å²) in [5, 5.41) is 22.3. The summed E-state index contributed by atoms with van der Waals surface area (Å²) >= 11 is 7.60. The van der Waals surface area contributed by atoms with Crippen molar-refractivity contribution >= 4 is 23.4 Å². The number of hydrogen-bond acceptors (Lipinski definition) is 6. The van der Waals surface area contributed by atoms with Gasteiger partial charge in [0.25, 0.3) is 0 Å². The molecular formula is C19H18ClN7S. The van der Waals surface area contributed by atoms with E-state index in [2.05, 4.69) is 32.6 Å². The van der Waals surface area contributed by atoms with Crippen LogP contribution in [0.4, 0.5) is 0 Å². The van der Waals surface area contributed by atoms with Crippen molar-refractivity contribution in [2.24, 2.45) is 0 Å². The quantitative estimate of drug-likeness (QED) is 0.422. The van der Waals surface area contributed by atoms with E-state index in [1.165, 1.54) is 0 Å². The van der Waals surface area contributed by atoms with E-state index in [9.17, 15) is 0 Å². The summed E-state index contributed by atoms with van der Waals surface area (Å²) < 4.78 is 3.87. The van der Waals surface area contributed by atoms with E-state index in [-0.39, 0.29) is 0 Å². The first-order valence-corrected chi connectivity index (χ1v) is 10.3. The van der Waals surface area contributed by atoms with Crippen LogP contribution in [0.15, 0.2) is 59.8 Å². The van der Waals surface area contributed by atoms with Crippen LogP contribution in [-0.4, -0.2) is 35.0 Å². The third-order valence-corrected chi connectivity index (χ3v) is 5.30. The van der Waals surface area contributed by atoms with E-state index in [4.69, 9.17) is 11.6 Å². The molecule has 0 N–H and O–H groups in total. The number of para-hydroxylation sites is 1. The fraction of sp³-hybridized carbons (Fsp3) is 0.211. The number of rotatable bonds is 7. The van der Waals surface area contributed by atoms with Gasteiger partial charge >= 0.3 is 0 Å². The van der Waals surface area contributed by atoms with E-state index >= 15 is 0 Å². The molecule has 4 rings (SSSR count). The molecule has 0 saturated heterocycles. The van der Waals surface area contributed by atoms with Crippen LogP contribution < -0.4 is 0 Å². The van der Waals surface area contributed by atoms with Crippen LogP contribution in [0.1, 0.15) is 19.2 Å². The zero-order valence-electron chi connectivity index (χ0n) is 15.2. The van der Waals surface area contributed by atoms with Crippen LogP contribution in [0.3, 0.4) is 0 Å². The molecular weight excluding hydrogens is 394 g/mol. The molecule has 0 aliphatic heterocycles. The third-order valence-electron chi connectivity index (χ3n) is 4.12. The highest BCUT2D eigenvalue weighted by molar-refractivity contribution is 7.98. The summed E-state index contributed by atoms with van der Waals surface area (Å²) in [5.41, 5.74) is 1.94. The predicted octanol–water partition coefficient (Wildman–Crippen LogP) is 4.28. The van der Waals surface area contributed by atoms with Crippen LogP contribution in [-0.2, 0) is 12.3 Å². The number of aryl methyl sites for hydroxylation is 1. The Kier molecular flexibility index (Phi) is 5.68. The van der Waals surface area contributed by atoms with Gasteiger partial charge in [0.2, 0.25) is 0 Å². The lowest BCUT2D eigenvalue weighted by molar-refractivity contribution is 0.564. The fourth-order valence-corrected chi connectivity index (χ4v) is 3.81. The monoisotopic (exact) mass is 411 g/mol. The molecule has 0 bridgehead atoms. The molecule has 0 aliphatic carbocycles. The maximum absolute atomic E-state index is 6.04. The van der Waals surface area contributed by atoms with E-state index in [1.54, 1.807) is 11.8 Å². The van der Waals surface area contributed by atoms with Gasteiger partial charge in [0.05, 0.1) is 5.75 Å². The number of tetrazole rings is 1. The molecule has 2 aromatic carbocycles. The summed E-state index contributed by atoms with van der Waals surface area (Å²) in [7, 11) is 0. The molecule has 0 amide bonds. The number of nitrogens with zero attached hydrogens (tertiary/aromatic N) is 7. The Balaban J connectivity index is 1.69. The van der Waals surface area contributed by atoms with Gasteiger partial charge in [-0.1, -0.05) is 48.5 Å². The van der Waals surface area contributed by atoms with Crippen LogP contribution >= 0.6 is 23.4 Å². The molecule has 2 aromatic heterocycles. The lowest BCUT2D eigenvalue weighted by Crippen LogP contribution is -2.05. The molecule has 0 fully saturated rings. The topological polar surface area (TPSA) is 74.3 Å². The molecule has 0 unspecified atom stereocenters. The number of hydrogen-bond donors (Lipinski definition) is 0. The average Bonchev–Trinajstić information content (AvgIpc) is 3.35. The van der Waals surface area contributed by atoms with E-state index < -0.39 is 0 Å². The summed E-state index contributed by atoms with van der Waals surface area (Å²) in [5.74, 6) is 2.19. The minimum absolute atomic E-state index is 0.610. The van der Waals surface area contributed by atoms with Gasteiger partial charge in [-0.3, -0.25) is 4.57 Å². The van der Waals surface area contributed by atoms with Crippen molar-refractivity contribution < 1.29 is 0 Å². The van der Waals surface area contributed by atoms with Crippen molar-refractivity contribution in [1.29, 1.82) is 0 Å². The van der Waals surface area contributed by atoms with Crippen LogP contribution in [0.5, 0.6) is 0 Å². The van der Waals surface area contributed by atoms with Crippen molar-refractivity contribution in [3.63, 3.8) is 0 Å². The summed E-state index contributed by atoms with van der Waals surface area (Å²) in [6.07, 6.45) is 0.976. The number of halogens is 1. The average molecular weight is 412 g/mol. The molecule has 28 heavy (non-hydrogen) atoms. The first-order chi connectivity index (χ1) is 13.8. The molecule has 9 heteroatoms. The lowest BCUT2D eigenvalue weighted by atomic mass is 10.2. The Labute approximate surface area is 171 Å². The molecule has 7 nitrogen and oxygen atoms in total. The highest BCUT2D eigenvalue weighted by Gasteiger charge is 2.17. The van der Waals surface area contributed by atoms with Gasteiger partial charge in [-0.2, -0.15) is 0 Å². The Morgan fingerprint density at radius 2 is 1.75 bits per heavy atom. The summed E-state index contributed by atoms with van der Waals surface area (Å²) in [4.78, 5) is 0. The Bertz CT molecular complexity index is 1040. The van der Waals surface area contributed by atoms with Gasteiger partial charge in [-0.05, 0) is 53.2 Å². The second-order valence-corrected chi connectivity index (χ2v) is 7.47. The van der Waals surface area contributed by atoms with Crippen molar-refractivity contribution in [2.45, 2.75) is 30.8 Å². The highest BCUT2D eigenvalue weighted by Crippen LogP contribution is 2.29. The molecule has 142 valence electrons. The SMILES string of the molecule is CCCn1nnnc1CSc1nnc(-c2ccc(Cl)cc2)n1-c1ccccc1. The Hall–Kier alpha value is -2.71. The zero-order valence-corrected chi connectivity index (χ0v) is 16.8. The standard InChI is InChI=1S/C19H18ClN7S/c1-2-12-26-17(21-24-25-26)13-28-19-23-22-18(14-8-10-15(20)11-9-14)27(19)16-6-4-3-5-7-16/h3-11H,2,12-13H2,1H3. The smallest absolute Gasteiger partial charge is 0.196 e. The van der Waals surface area contributed by atoms with Gasteiger partial charge in [0.1, 0.15) is 0 Å². The largest absolute Gasteiger partial charge is 0.270 e. The third kappa shape index (κ3) is 3.93. The van der Waals surface area contributed by atoms with Gasteiger partial charge in [-0.25, -0.2) is 4.68 Å². The molecule has 0 atom stereocenters. The van der Waals surface area contributed by atoms with Crippen molar-refractivity contribution in [3.05, 3.63) is 65.4 Å². The minimum atomic E-state index is 0.610. The minimum Gasteiger partial charge on any atom is -0.270 e. The van der Waals surface area contributed by atoms with Crippen molar-refractivity contribution in [2.75, 3.05) is 0 Å². The molecule has 0 radical (unpaired) electrons. The second-order valence-electron chi connectivity index (χ2n) is 6.09. The number of aromatic nitrogens is 7. The molecule has 4 aromatic rings. The first-order valence-electron chi connectivity index (χ1n) is 8.91. The Morgan fingerprint density at radius 1 is 0.964 bits per heavy atom. The molecule has 0 aliphatic rings. The summed E-state index contributed by atoms with van der Waals surface area (Å²) in [6.45, 7) is 2.90. The Morgan fingerprint density at radius 3 is 2.50 bits per heavy atom. The van der Waals surface area contributed by atoms with Crippen LogP contribution in [0, 0.1) is 0 Å². The van der Waals surface area contributed by atoms with Gasteiger partial charge in [0, 0.05) is 22.8 Å². The number of benzene rings is 2. The summed E-state index contributed by atoms with van der Waals surface area (Å²) in [6, 6.07) is 17.7. The molecule has 0 saturated carbocycles. The van der Waals surface area contributed by atoms with Crippen molar-refractivity contribution in [1.82, 2.24) is 35.0 Å². The van der Waals surface area contributed by atoms with E-state index in [0.29, 0.717) is 10.8 Å². The predicted molar refractivity (Wildman–Crippen MR) is 109 cm³/mol.